The molecule has 0 amide bonds. The molecule has 0 aliphatic carbocycles. The van der Waals surface area contributed by atoms with Crippen LogP contribution in [0.2, 0.25) is 5.02 Å². The van der Waals surface area contributed by atoms with E-state index in [1.54, 1.807) is 0 Å². The minimum atomic E-state index is -5.72. The van der Waals surface area contributed by atoms with Crippen LogP contribution in [0.4, 0.5) is 36.4 Å². The number of rotatable bonds is 2. The number of hydrogen-bond donors (Lipinski definition) is 1. The third-order valence-corrected chi connectivity index (χ3v) is 2.18. The summed E-state index contributed by atoms with van der Waals surface area (Å²) in [6.45, 7) is 0. The highest BCUT2D eigenvalue weighted by Gasteiger charge is 2.59. The van der Waals surface area contributed by atoms with Gasteiger partial charge < -0.3 is 10.5 Å². The van der Waals surface area contributed by atoms with Gasteiger partial charge >= 0.3 is 12.4 Å². The number of halogens is 8. The number of benzene rings is 1. The number of anilines is 1. The van der Waals surface area contributed by atoms with Crippen LogP contribution in [0.1, 0.15) is 0 Å². The highest BCUT2D eigenvalue weighted by Crippen LogP contribution is 2.38. The minimum absolute atomic E-state index is 0.252. The van der Waals surface area contributed by atoms with Crippen LogP contribution in [-0.2, 0) is 0 Å². The van der Waals surface area contributed by atoms with Gasteiger partial charge in [-0.1, -0.05) is 11.6 Å². The van der Waals surface area contributed by atoms with Gasteiger partial charge in [0.2, 0.25) is 0 Å². The van der Waals surface area contributed by atoms with E-state index < -0.39 is 40.7 Å². The largest absolute Gasteiger partial charge is 0.469 e. The lowest BCUT2D eigenvalue weighted by Crippen LogP contribution is -2.46. The molecule has 0 spiro atoms. The van der Waals surface area contributed by atoms with Crippen molar-refractivity contribution >= 4 is 17.3 Å². The first-order valence-corrected chi connectivity index (χ1v) is 4.85. The minimum Gasteiger partial charge on any atom is -0.469 e. The molecule has 0 aliphatic heterocycles. The van der Waals surface area contributed by atoms with Gasteiger partial charge in [-0.2, -0.15) is 26.3 Å². The Bertz CT molecular complexity index is 457. The van der Waals surface area contributed by atoms with Gasteiger partial charge in [-0.25, -0.2) is 4.39 Å². The van der Waals surface area contributed by atoms with E-state index in [1.807, 2.05) is 0 Å². The molecule has 10 heteroatoms. The maximum Gasteiger partial charge on any atom is 0.434 e. The first-order chi connectivity index (χ1) is 8.43. The summed E-state index contributed by atoms with van der Waals surface area (Å²) in [7, 11) is 0. The Kier molecular flexibility index (Phi) is 4.08. The molecular weight excluding hydrogens is 307 g/mol. The van der Waals surface area contributed by atoms with Crippen molar-refractivity contribution < 1.29 is 35.5 Å². The summed E-state index contributed by atoms with van der Waals surface area (Å²) >= 11 is 5.25. The monoisotopic (exact) mass is 311 g/mol. The summed E-state index contributed by atoms with van der Waals surface area (Å²) < 4.78 is 90.0. The van der Waals surface area contributed by atoms with Crippen molar-refractivity contribution in [3.05, 3.63) is 23.0 Å². The van der Waals surface area contributed by atoms with Crippen molar-refractivity contribution in [2.75, 3.05) is 5.73 Å². The van der Waals surface area contributed by atoms with Crippen molar-refractivity contribution in [1.29, 1.82) is 0 Å². The summed E-state index contributed by atoms with van der Waals surface area (Å²) in [5.74, 6) is -2.35. The van der Waals surface area contributed by atoms with Gasteiger partial charge in [-0.15, -0.1) is 0 Å². The van der Waals surface area contributed by atoms with E-state index >= 15 is 0 Å². The van der Waals surface area contributed by atoms with Crippen LogP contribution in [0.3, 0.4) is 0 Å². The molecule has 2 nitrogen and oxygen atoms in total. The molecule has 1 aromatic carbocycles. The van der Waals surface area contributed by atoms with Crippen LogP contribution in [0, 0.1) is 5.82 Å². The van der Waals surface area contributed by atoms with Crippen LogP contribution < -0.4 is 10.5 Å². The molecule has 0 aromatic heterocycles. The molecule has 0 bridgehead atoms. The summed E-state index contributed by atoms with van der Waals surface area (Å²) in [4.78, 5) is 0. The Morgan fingerprint density at radius 3 is 1.95 bits per heavy atom. The lowest BCUT2D eigenvalue weighted by Gasteiger charge is -2.24. The summed E-state index contributed by atoms with van der Waals surface area (Å²) in [6.07, 6.45) is -15.6. The third-order valence-electron chi connectivity index (χ3n) is 1.89. The quantitative estimate of drug-likeness (QED) is 0.663. The van der Waals surface area contributed by atoms with Crippen molar-refractivity contribution in [1.82, 2.24) is 0 Å². The Morgan fingerprint density at radius 1 is 1.05 bits per heavy atom. The Morgan fingerprint density at radius 2 is 1.53 bits per heavy atom. The molecule has 0 saturated carbocycles. The van der Waals surface area contributed by atoms with Crippen molar-refractivity contribution in [2.24, 2.45) is 0 Å². The van der Waals surface area contributed by atoms with Gasteiger partial charge in [0, 0.05) is 6.07 Å². The van der Waals surface area contributed by atoms with Crippen LogP contribution >= 0.6 is 11.6 Å². The number of alkyl halides is 6. The second-order valence-corrected chi connectivity index (χ2v) is 3.79. The number of hydrogen-bond acceptors (Lipinski definition) is 2. The molecule has 108 valence electrons. The molecule has 1 rings (SSSR count). The Hall–Kier alpha value is -1.38. The molecular formula is C9H5ClF7NO. The first-order valence-electron chi connectivity index (χ1n) is 4.47. The third kappa shape index (κ3) is 3.79. The van der Waals surface area contributed by atoms with Crippen LogP contribution in [0.25, 0.3) is 0 Å². The Balaban J connectivity index is 3.15. The van der Waals surface area contributed by atoms with Crippen molar-refractivity contribution in [2.45, 2.75) is 18.5 Å². The van der Waals surface area contributed by atoms with Crippen molar-refractivity contribution in [3.63, 3.8) is 0 Å². The smallest absolute Gasteiger partial charge is 0.434 e. The normalized spacial score (nSPS) is 12.9. The fourth-order valence-electron chi connectivity index (χ4n) is 1.09. The maximum atomic E-state index is 13.0. The van der Waals surface area contributed by atoms with Crippen LogP contribution in [-0.4, -0.2) is 18.5 Å². The predicted octanol–water partition coefficient (Wildman–Crippen LogP) is 3.93. The number of nitrogens with two attached hydrogens (primary N) is 1. The first kappa shape index (κ1) is 15.7. The fraction of sp³-hybridized carbons (Fsp3) is 0.333. The Labute approximate surface area is 106 Å². The van der Waals surface area contributed by atoms with Gasteiger partial charge in [0.05, 0.1) is 10.7 Å². The molecule has 2 N–H and O–H groups in total. The van der Waals surface area contributed by atoms with Gasteiger partial charge in [0.25, 0.3) is 6.10 Å². The van der Waals surface area contributed by atoms with E-state index in [4.69, 9.17) is 17.3 Å². The number of ether oxygens (including phenoxy) is 1. The van der Waals surface area contributed by atoms with Gasteiger partial charge in [0.15, 0.2) is 0 Å². The standard InChI is InChI=1S/C9H5ClF7NO/c10-3-1-5(18)6(2-4(3)11)19-7(8(12,13)14)9(15,16)17/h1-2,7H,18H2. The molecule has 1 aromatic rings. The lowest BCUT2D eigenvalue weighted by molar-refractivity contribution is -0.299. The van der Waals surface area contributed by atoms with Gasteiger partial charge in [-0.05, 0) is 6.07 Å². The van der Waals surface area contributed by atoms with Crippen LogP contribution in [0.15, 0.2) is 12.1 Å². The van der Waals surface area contributed by atoms with Crippen LogP contribution in [0.5, 0.6) is 5.75 Å². The zero-order valence-electron chi connectivity index (χ0n) is 8.74. The zero-order chi connectivity index (χ0) is 15.0. The van der Waals surface area contributed by atoms with E-state index in [2.05, 4.69) is 4.74 Å². The molecule has 0 heterocycles. The number of nitrogen functional groups attached to an aromatic ring is 1. The molecule has 0 saturated heterocycles. The fourth-order valence-corrected chi connectivity index (χ4v) is 1.26. The second-order valence-electron chi connectivity index (χ2n) is 3.39. The average molecular weight is 312 g/mol. The second kappa shape index (κ2) is 4.95. The SMILES string of the molecule is Nc1cc(Cl)c(F)cc1OC(C(F)(F)F)C(F)(F)F. The van der Waals surface area contributed by atoms with E-state index in [-0.39, 0.29) is 6.07 Å². The highest BCUT2D eigenvalue weighted by molar-refractivity contribution is 6.31. The predicted molar refractivity (Wildman–Crippen MR) is 52.3 cm³/mol. The topological polar surface area (TPSA) is 35.2 Å². The molecule has 0 radical (unpaired) electrons. The molecule has 0 aliphatic rings. The highest BCUT2D eigenvalue weighted by atomic mass is 35.5. The molecule has 0 unspecified atom stereocenters. The lowest BCUT2D eigenvalue weighted by atomic mass is 10.2. The zero-order valence-corrected chi connectivity index (χ0v) is 9.50. The molecule has 0 fully saturated rings. The molecule has 19 heavy (non-hydrogen) atoms. The molecule has 0 atom stereocenters. The van der Waals surface area contributed by atoms with E-state index in [0.717, 1.165) is 0 Å². The summed E-state index contributed by atoms with van der Waals surface area (Å²) in [6, 6.07) is 0.901. The summed E-state index contributed by atoms with van der Waals surface area (Å²) in [5, 5.41) is -0.555. The van der Waals surface area contributed by atoms with Gasteiger partial charge in [-0.3, -0.25) is 0 Å². The van der Waals surface area contributed by atoms with Gasteiger partial charge in [0.1, 0.15) is 11.6 Å². The van der Waals surface area contributed by atoms with E-state index in [1.165, 1.54) is 0 Å². The van der Waals surface area contributed by atoms with E-state index in [9.17, 15) is 30.7 Å². The average Bonchev–Trinajstić information content (AvgIpc) is 2.17. The maximum absolute atomic E-state index is 13.0. The van der Waals surface area contributed by atoms with E-state index in [0.29, 0.717) is 6.07 Å². The summed E-state index contributed by atoms with van der Waals surface area (Å²) in [5.41, 5.74) is 4.47. The van der Waals surface area contributed by atoms with Crippen molar-refractivity contribution in [3.8, 4) is 5.75 Å².